The van der Waals surface area contributed by atoms with E-state index < -0.39 is 0 Å². The zero-order chi connectivity index (χ0) is 8.60. The van der Waals surface area contributed by atoms with Crippen LogP contribution in [0.1, 0.15) is 30.9 Å². The lowest BCUT2D eigenvalue weighted by atomic mass is 10.1. The second kappa shape index (κ2) is 2.59. The summed E-state index contributed by atoms with van der Waals surface area (Å²) in [7, 11) is 0. The maximum atomic E-state index is 5.94. The maximum Gasteiger partial charge on any atom is 0.191 e. The molecule has 1 heterocycles. The smallest absolute Gasteiger partial charge is 0.191 e. The van der Waals surface area contributed by atoms with E-state index in [4.69, 9.17) is 10.2 Å². The Kier molecular flexibility index (Phi) is 1.68. The van der Waals surface area contributed by atoms with E-state index in [2.05, 4.69) is 4.98 Å². The fraction of sp³-hybridized carbons (Fsp3) is 0.667. The molecule has 0 atom stereocenters. The Hall–Kier alpha value is -0.830. The summed E-state index contributed by atoms with van der Waals surface area (Å²) < 4.78 is 5.34. The molecule has 0 aromatic carbocycles. The van der Waals surface area contributed by atoms with Crippen LogP contribution in [0.3, 0.4) is 0 Å². The summed E-state index contributed by atoms with van der Waals surface area (Å²) >= 11 is 0. The van der Waals surface area contributed by atoms with E-state index in [1.807, 2.05) is 6.92 Å². The molecule has 3 nitrogen and oxygen atoms in total. The van der Waals surface area contributed by atoms with Gasteiger partial charge >= 0.3 is 0 Å². The number of oxazole rings is 1. The molecule has 0 bridgehead atoms. The van der Waals surface area contributed by atoms with Crippen LogP contribution >= 0.6 is 0 Å². The van der Waals surface area contributed by atoms with Crippen LogP contribution < -0.4 is 5.73 Å². The Morgan fingerprint density at radius 1 is 1.67 bits per heavy atom. The van der Waals surface area contributed by atoms with E-state index in [9.17, 15) is 0 Å². The predicted octanol–water partition coefficient (Wildman–Crippen LogP) is 1.41. The molecule has 3 heteroatoms. The molecule has 2 rings (SSSR count). The van der Waals surface area contributed by atoms with Gasteiger partial charge in [0.1, 0.15) is 5.76 Å². The van der Waals surface area contributed by atoms with Crippen molar-refractivity contribution in [1.29, 1.82) is 0 Å². The van der Waals surface area contributed by atoms with Gasteiger partial charge in [-0.1, -0.05) is 0 Å². The molecule has 1 aliphatic carbocycles. The lowest BCUT2D eigenvalue weighted by molar-refractivity contribution is 0.455. The lowest BCUT2D eigenvalue weighted by Gasteiger charge is -2.04. The third-order valence-corrected chi connectivity index (χ3v) is 2.43. The molecular formula is C9H14N2O. The lowest BCUT2D eigenvalue weighted by Crippen LogP contribution is -2.21. The normalized spacial score (nSPS) is 19.5. The third-order valence-electron chi connectivity index (χ3n) is 2.43. The van der Waals surface area contributed by atoms with Gasteiger partial charge in [0.2, 0.25) is 0 Å². The van der Waals surface area contributed by atoms with Crippen molar-refractivity contribution in [2.24, 2.45) is 5.73 Å². The summed E-state index contributed by atoms with van der Waals surface area (Å²) in [5.41, 5.74) is 6.06. The third kappa shape index (κ3) is 1.67. The molecule has 2 N–H and O–H groups in total. The second-order valence-electron chi connectivity index (χ2n) is 3.71. The van der Waals surface area contributed by atoms with Crippen molar-refractivity contribution in [3.63, 3.8) is 0 Å². The van der Waals surface area contributed by atoms with Crippen molar-refractivity contribution in [3.8, 4) is 0 Å². The standard InChI is InChI=1S/C9H14N2O/c1-7-11-6-8(12-7)2-3-9(10)4-5-9/h6H,2-5,10H2,1H3. The van der Waals surface area contributed by atoms with Gasteiger partial charge < -0.3 is 10.2 Å². The summed E-state index contributed by atoms with van der Waals surface area (Å²) in [5, 5.41) is 0. The number of hydrogen-bond acceptors (Lipinski definition) is 3. The Morgan fingerprint density at radius 2 is 2.42 bits per heavy atom. The first kappa shape index (κ1) is 7.80. The molecule has 12 heavy (non-hydrogen) atoms. The molecule has 1 saturated carbocycles. The van der Waals surface area contributed by atoms with Crippen molar-refractivity contribution in [2.45, 2.75) is 38.1 Å². The van der Waals surface area contributed by atoms with Crippen LogP contribution in [0.15, 0.2) is 10.6 Å². The maximum absolute atomic E-state index is 5.94. The fourth-order valence-corrected chi connectivity index (χ4v) is 1.30. The number of rotatable bonds is 3. The average Bonchev–Trinajstić information content (AvgIpc) is 2.60. The number of hydrogen-bond donors (Lipinski definition) is 1. The van der Waals surface area contributed by atoms with Gasteiger partial charge in [-0.15, -0.1) is 0 Å². The Morgan fingerprint density at radius 3 is 2.92 bits per heavy atom. The summed E-state index contributed by atoms with van der Waals surface area (Å²) in [6, 6.07) is 0. The zero-order valence-electron chi connectivity index (χ0n) is 7.34. The first-order chi connectivity index (χ1) is 5.68. The van der Waals surface area contributed by atoms with E-state index in [0.717, 1.165) is 24.5 Å². The van der Waals surface area contributed by atoms with Crippen molar-refractivity contribution in [1.82, 2.24) is 4.98 Å². The van der Waals surface area contributed by atoms with Crippen molar-refractivity contribution >= 4 is 0 Å². The Labute approximate surface area is 72.0 Å². The number of aryl methyl sites for hydroxylation is 2. The van der Waals surface area contributed by atoms with Crippen molar-refractivity contribution in [2.75, 3.05) is 0 Å². The molecule has 1 aliphatic rings. The molecule has 0 amide bonds. The first-order valence-corrected chi connectivity index (χ1v) is 4.38. The molecule has 1 aromatic rings. The Bertz CT molecular complexity index is 276. The SMILES string of the molecule is Cc1ncc(CCC2(N)CC2)o1. The van der Waals surface area contributed by atoms with E-state index >= 15 is 0 Å². The van der Waals surface area contributed by atoms with Gasteiger partial charge in [0.15, 0.2) is 5.89 Å². The summed E-state index contributed by atoms with van der Waals surface area (Å²) in [4.78, 5) is 4.03. The van der Waals surface area contributed by atoms with Gasteiger partial charge in [-0.25, -0.2) is 4.98 Å². The van der Waals surface area contributed by atoms with Crippen molar-refractivity contribution < 1.29 is 4.42 Å². The largest absolute Gasteiger partial charge is 0.446 e. The van der Waals surface area contributed by atoms with Gasteiger partial charge in [0.05, 0.1) is 6.20 Å². The van der Waals surface area contributed by atoms with Crippen LogP contribution in [0.25, 0.3) is 0 Å². The quantitative estimate of drug-likeness (QED) is 0.738. The fourth-order valence-electron chi connectivity index (χ4n) is 1.30. The van der Waals surface area contributed by atoms with Crippen LogP contribution in [0, 0.1) is 6.92 Å². The van der Waals surface area contributed by atoms with E-state index in [1.165, 1.54) is 12.8 Å². The van der Waals surface area contributed by atoms with Gasteiger partial charge in [0, 0.05) is 18.9 Å². The highest BCUT2D eigenvalue weighted by atomic mass is 16.3. The van der Waals surface area contributed by atoms with Crippen molar-refractivity contribution in [3.05, 3.63) is 17.8 Å². The van der Waals surface area contributed by atoms with Crippen LogP contribution in [0.2, 0.25) is 0 Å². The molecule has 1 fully saturated rings. The van der Waals surface area contributed by atoms with E-state index in [1.54, 1.807) is 6.20 Å². The molecule has 0 unspecified atom stereocenters. The van der Waals surface area contributed by atoms with Gasteiger partial charge in [0.25, 0.3) is 0 Å². The predicted molar refractivity (Wildman–Crippen MR) is 45.7 cm³/mol. The highest BCUT2D eigenvalue weighted by molar-refractivity contribution is 5.02. The molecule has 0 aliphatic heterocycles. The molecule has 0 spiro atoms. The van der Waals surface area contributed by atoms with Gasteiger partial charge in [-0.3, -0.25) is 0 Å². The number of aromatic nitrogens is 1. The van der Waals surface area contributed by atoms with Gasteiger partial charge in [-0.2, -0.15) is 0 Å². The van der Waals surface area contributed by atoms with Crippen LogP contribution in [0.5, 0.6) is 0 Å². The van der Waals surface area contributed by atoms with Crippen LogP contribution in [0.4, 0.5) is 0 Å². The average molecular weight is 166 g/mol. The summed E-state index contributed by atoms with van der Waals surface area (Å²) in [6.07, 6.45) is 6.08. The van der Waals surface area contributed by atoms with Crippen LogP contribution in [-0.2, 0) is 6.42 Å². The highest BCUT2D eigenvalue weighted by Crippen LogP contribution is 2.36. The molecule has 1 aromatic heterocycles. The van der Waals surface area contributed by atoms with E-state index in [-0.39, 0.29) is 5.54 Å². The number of nitrogens with two attached hydrogens (primary N) is 1. The van der Waals surface area contributed by atoms with E-state index in [0.29, 0.717) is 0 Å². The first-order valence-electron chi connectivity index (χ1n) is 4.38. The van der Waals surface area contributed by atoms with Crippen LogP contribution in [-0.4, -0.2) is 10.5 Å². The minimum Gasteiger partial charge on any atom is -0.446 e. The summed E-state index contributed by atoms with van der Waals surface area (Å²) in [6.45, 7) is 1.86. The number of nitrogens with zero attached hydrogens (tertiary/aromatic N) is 1. The summed E-state index contributed by atoms with van der Waals surface area (Å²) in [5.74, 6) is 1.70. The minimum absolute atomic E-state index is 0.126. The van der Waals surface area contributed by atoms with Gasteiger partial charge in [-0.05, 0) is 19.3 Å². The Balaban J connectivity index is 1.87. The monoisotopic (exact) mass is 166 g/mol. The molecular weight excluding hydrogens is 152 g/mol. The topological polar surface area (TPSA) is 52.0 Å². The molecule has 0 saturated heterocycles. The minimum atomic E-state index is 0.126. The zero-order valence-corrected chi connectivity index (χ0v) is 7.34. The second-order valence-corrected chi connectivity index (χ2v) is 3.71. The highest BCUT2D eigenvalue weighted by Gasteiger charge is 2.37. The molecule has 66 valence electrons. The molecule has 0 radical (unpaired) electrons.